The third-order valence-corrected chi connectivity index (χ3v) is 3.66. The molecule has 0 aliphatic heterocycles. The van der Waals surface area contributed by atoms with Crippen molar-refractivity contribution in [1.29, 1.82) is 0 Å². The van der Waals surface area contributed by atoms with Gasteiger partial charge >= 0.3 is 6.18 Å². The fourth-order valence-electron chi connectivity index (χ4n) is 2.17. The number of aromatic nitrogens is 4. The smallest absolute Gasteiger partial charge is 0.375 e. The molecule has 0 saturated carbocycles. The number of rotatable bonds is 4. The molecular formula is C17H15F3N6O. The molecule has 1 amide bonds. The Morgan fingerprint density at radius 2 is 1.70 bits per heavy atom. The molecule has 2 heterocycles. The van der Waals surface area contributed by atoms with E-state index in [1.807, 2.05) is 19.0 Å². The van der Waals surface area contributed by atoms with E-state index in [2.05, 4.69) is 20.4 Å². The van der Waals surface area contributed by atoms with Gasteiger partial charge in [-0.2, -0.15) is 18.3 Å². The summed E-state index contributed by atoms with van der Waals surface area (Å²) in [5, 5.41) is 6.64. The third kappa shape index (κ3) is 4.22. The van der Waals surface area contributed by atoms with Crippen LogP contribution < -0.4 is 10.2 Å². The summed E-state index contributed by atoms with van der Waals surface area (Å²) in [6.45, 7) is 0. The Kier molecular flexibility index (Phi) is 4.80. The zero-order valence-electron chi connectivity index (χ0n) is 14.4. The maximum Gasteiger partial charge on any atom is 0.416 e. The van der Waals surface area contributed by atoms with Gasteiger partial charge in [0.05, 0.1) is 41.7 Å². The fraction of sp³-hybridized carbons (Fsp3) is 0.176. The number of carbonyl (C=O) groups is 1. The highest BCUT2D eigenvalue weighted by Gasteiger charge is 2.30. The molecule has 0 bridgehead atoms. The quantitative estimate of drug-likeness (QED) is 0.758. The summed E-state index contributed by atoms with van der Waals surface area (Å²) in [4.78, 5) is 22.4. The number of anilines is 2. The highest BCUT2D eigenvalue weighted by atomic mass is 19.4. The van der Waals surface area contributed by atoms with Crippen molar-refractivity contribution in [1.82, 2.24) is 19.7 Å². The van der Waals surface area contributed by atoms with Crippen molar-refractivity contribution in [3.05, 3.63) is 60.2 Å². The van der Waals surface area contributed by atoms with Crippen molar-refractivity contribution >= 4 is 17.3 Å². The lowest BCUT2D eigenvalue weighted by Gasteiger charge is -2.10. The van der Waals surface area contributed by atoms with E-state index in [9.17, 15) is 18.0 Å². The highest BCUT2D eigenvalue weighted by Crippen LogP contribution is 2.29. The molecular weight excluding hydrogens is 361 g/mol. The van der Waals surface area contributed by atoms with Crippen LogP contribution in [-0.4, -0.2) is 39.8 Å². The Balaban J connectivity index is 1.70. The summed E-state index contributed by atoms with van der Waals surface area (Å²) < 4.78 is 39.1. The minimum Gasteiger partial charge on any atom is -0.375 e. The molecule has 3 aromatic rings. The molecule has 2 aromatic heterocycles. The van der Waals surface area contributed by atoms with Crippen LogP contribution in [0.25, 0.3) is 5.95 Å². The van der Waals surface area contributed by atoms with Crippen LogP contribution in [0.3, 0.4) is 0 Å². The molecule has 3 rings (SSSR count). The standard InChI is InChI=1S/C17H15F3N6O/c1-25(2)14-8-21-16(22-9-14)26-10-13(7-23-26)24-15(27)11-3-5-12(6-4-11)17(18,19)20/h3-10H,1-2H3,(H,24,27). The molecule has 0 fully saturated rings. The van der Waals surface area contributed by atoms with Crippen LogP contribution in [0.5, 0.6) is 0 Å². The van der Waals surface area contributed by atoms with Crippen LogP contribution in [0.4, 0.5) is 24.5 Å². The van der Waals surface area contributed by atoms with Crippen molar-refractivity contribution in [3.8, 4) is 5.95 Å². The number of alkyl halides is 3. The maximum atomic E-state index is 12.6. The molecule has 140 valence electrons. The van der Waals surface area contributed by atoms with Crippen molar-refractivity contribution < 1.29 is 18.0 Å². The first-order valence-electron chi connectivity index (χ1n) is 7.77. The number of carbonyl (C=O) groups excluding carboxylic acids is 1. The minimum atomic E-state index is -4.45. The lowest BCUT2D eigenvalue weighted by molar-refractivity contribution is -0.137. The average molecular weight is 376 g/mol. The van der Waals surface area contributed by atoms with Gasteiger partial charge in [0.1, 0.15) is 0 Å². The van der Waals surface area contributed by atoms with E-state index in [1.165, 1.54) is 17.1 Å². The molecule has 0 saturated heterocycles. The Morgan fingerprint density at radius 1 is 1.07 bits per heavy atom. The van der Waals surface area contributed by atoms with E-state index in [4.69, 9.17) is 0 Å². The van der Waals surface area contributed by atoms with Crippen molar-refractivity contribution in [3.63, 3.8) is 0 Å². The summed E-state index contributed by atoms with van der Waals surface area (Å²) >= 11 is 0. The van der Waals surface area contributed by atoms with E-state index < -0.39 is 17.6 Å². The molecule has 0 aliphatic rings. The van der Waals surface area contributed by atoms with Gasteiger partial charge in [-0.05, 0) is 24.3 Å². The van der Waals surface area contributed by atoms with Gasteiger partial charge in [-0.25, -0.2) is 14.6 Å². The Morgan fingerprint density at radius 3 is 2.26 bits per heavy atom. The van der Waals surface area contributed by atoms with Crippen LogP contribution >= 0.6 is 0 Å². The summed E-state index contributed by atoms with van der Waals surface area (Å²) in [6.07, 6.45) is 1.71. The lowest BCUT2D eigenvalue weighted by atomic mass is 10.1. The number of hydrogen-bond acceptors (Lipinski definition) is 5. The Labute approximate surface area is 152 Å². The van der Waals surface area contributed by atoms with Gasteiger partial charge in [0.15, 0.2) is 0 Å². The van der Waals surface area contributed by atoms with Gasteiger partial charge in [-0.1, -0.05) is 0 Å². The molecule has 0 radical (unpaired) electrons. The summed E-state index contributed by atoms with van der Waals surface area (Å²) in [5.74, 6) is -0.234. The van der Waals surface area contributed by atoms with E-state index in [1.54, 1.807) is 12.4 Å². The molecule has 0 unspecified atom stereocenters. The predicted octanol–water partition coefficient (Wildman–Crippen LogP) is 3.00. The first-order valence-corrected chi connectivity index (χ1v) is 7.77. The summed E-state index contributed by atoms with van der Waals surface area (Å²) in [5.41, 5.74) is 0.467. The maximum absolute atomic E-state index is 12.6. The average Bonchev–Trinajstić information content (AvgIpc) is 3.09. The topological polar surface area (TPSA) is 75.9 Å². The van der Waals surface area contributed by atoms with Crippen LogP contribution in [-0.2, 0) is 6.18 Å². The minimum absolute atomic E-state index is 0.0994. The molecule has 10 heteroatoms. The van der Waals surface area contributed by atoms with Crippen LogP contribution in [0.1, 0.15) is 15.9 Å². The van der Waals surface area contributed by atoms with Crippen molar-refractivity contribution in [2.45, 2.75) is 6.18 Å². The van der Waals surface area contributed by atoms with Gasteiger partial charge in [0.2, 0.25) is 0 Å². The molecule has 0 spiro atoms. The van der Waals surface area contributed by atoms with Crippen molar-refractivity contribution in [2.75, 3.05) is 24.3 Å². The zero-order valence-corrected chi connectivity index (χ0v) is 14.4. The third-order valence-electron chi connectivity index (χ3n) is 3.66. The number of nitrogens with one attached hydrogen (secondary N) is 1. The molecule has 1 N–H and O–H groups in total. The Bertz CT molecular complexity index is 933. The predicted molar refractivity (Wildman–Crippen MR) is 92.9 cm³/mol. The fourth-order valence-corrected chi connectivity index (χ4v) is 2.17. The first kappa shape index (κ1) is 18.4. The SMILES string of the molecule is CN(C)c1cnc(-n2cc(NC(=O)c3ccc(C(F)(F)F)cc3)cn2)nc1. The molecule has 1 aromatic carbocycles. The van der Waals surface area contributed by atoms with Crippen LogP contribution in [0, 0.1) is 0 Å². The number of halogens is 3. The van der Waals surface area contributed by atoms with Gasteiger partial charge in [-0.3, -0.25) is 4.79 Å². The zero-order chi connectivity index (χ0) is 19.6. The molecule has 0 atom stereocenters. The van der Waals surface area contributed by atoms with Crippen molar-refractivity contribution in [2.24, 2.45) is 0 Å². The van der Waals surface area contributed by atoms with E-state index in [0.717, 1.165) is 30.0 Å². The second-order valence-electron chi connectivity index (χ2n) is 5.84. The normalized spacial score (nSPS) is 11.3. The van der Waals surface area contributed by atoms with Crippen LogP contribution in [0.15, 0.2) is 49.1 Å². The van der Waals surface area contributed by atoms with E-state index >= 15 is 0 Å². The monoisotopic (exact) mass is 376 g/mol. The van der Waals surface area contributed by atoms with Gasteiger partial charge in [0.25, 0.3) is 11.9 Å². The largest absolute Gasteiger partial charge is 0.416 e. The van der Waals surface area contributed by atoms with Crippen LogP contribution in [0.2, 0.25) is 0 Å². The Hall–Kier alpha value is -3.43. The van der Waals surface area contributed by atoms with Gasteiger partial charge in [-0.15, -0.1) is 0 Å². The lowest BCUT2D eigenvalue weighted by Crippen LogP contribution is -2.12. The molecule has 7 nitrogen and oxygen atoms in total. The van der Waals surface area contributed by atoms with Gasteiger partial charge in [0, 0.05) is 19.7 Å². The summed E-state index contributed by atoms with van der Waals surface area (Å²) in [7, 11) is 3.72. The van der Waals surface area contributed by atoms with Gasteiger partial charge < -0.3 is 10.2 Å². The van der Waals surface area contributed by atoms with E-state index in [-0.39, 0.29) is 5.56 Å². The number of hydrogen-bond donors (Lipinski definition) is 1. The second kappa shape index (κ2) is 7.06. The first-order chi connectivity index (χ1) is 12.7. The molecule has 27 heavy (non-hydrogen) atoms. The number of benzene rings is 1. The van der Waals surface area contributed by atoms with E-state index in [0.29, 0.717) is 11.6 Å². The number of amides is 1. The second-order valence-corrected chi connectivity index (χ2v) is 5.84. The molecule has 0 aliphatic carbocycles. The highest BCUT2D eigenvalue weighted by molar-refractivity contribution is 6.04. The number of nitrogens with zero attached hydrogens (tertiary/aromatic N) is 5. The summed E-state index contributed by atoms with van der Waals surface area (Å²) in [6, 6.07) is 3.95.